The van der Waals surface area contributed by atoms with Crippen LogP contribution in [0, 0.1) is 5.41 Å². The zero-order chi connectivity index (χ0) is 13.7. The lowest BCUT2D eigenvalue weighted by Gasteiger charge is -2.14. The van der Waals surface area contributed by atoms with Crippen LogP contribution in [0.2, 0.25) is 0 Å². The van der Waals surface area contributed by atoms with Gasteiger partial charge in [-0.1, -0.05) is 11.6 Å². The van der Waals surface area contributed by atoms with Crippen LogP contribution in [0.4, 0.5) is 4.79 Å². The number of carboxylic acid groups (broad SMARTS) is 1. The van der Waals surface area contributed by atoms with Crippen LogP contribution in [0.3, 0.4) is 0 Å². The molecule has 1 fully saturated rings. The molecule has 0 aromatic rings. The molecule has 0 heterocycles. The van der Waals surface area contributed by atoms with Gasteiger partial charge in [0.25, 0.3) is 0 Å². The van der Waals surface area contributed by atoms with Crippen LogP contribution in [0.1, 0.15) is 44.9 Å². The van der Waals surface area contributed by atoms with Crippen molar-refractivity contribution in [2.75, 3.05) is 13.1 Å². The van der Waals surface area contributed by atoms with Crippen molar-refractivity contribution in [1.29, 1.82) is 0 Å². The van der Waals surface area contributed by atoms with Crippen LogP contribution in [-0.4, -0.2) is 30.2 Å². The number of carbonyl (C=O) groups excluding carboxylic acids is 1. The van der Waals surface area contributed by atoms with Crippen LogP contribution < -0.4 is 10.6 Å². The third-order valence-electron chi connectivity index (χ3n) is 4.01. The van der Waals surface area contributed by atoms with Gasteiger partial charge in [-0.25, -0.2) is 4.79 Å². The Hall–Kier alpha value is -1.52. The summed E-state index contributed by atoms with van der Waals surface area (Å²) >= 11 is 0. The van der Waals surface area contributed by atoms with E-state index < -0.39 is 11.4 Å². The summed E-state index contributed by atoms with van der Waals surface area (Å²) in [5.74, 6) is -0.805. The predicted octanol–water partition coefficient (Wildman–Crippen LogP) is 2.04. The Bertz CT molecular complexity index is 386. The molecule has 2 rings (SSSR count). The number of aliphatic carboxylic acids is 1. The van der Waals surface area contributed by atoms with Gasteiger partial charge in [0.05, 0.1) is 5.41 Å². The monoisotopic (exact) mass is 266 g/mol. The Balaban J connectivity index is 1.60. The highest BCUT2D eigenvalue weighted by Crippen LogP contribution is 2.45. The summed E-state index contributed by atoms with van der Waals surface area (Å²) in [4.78, 5) is 22.5. The lowest BCUT2D eigenvalue weighted by atomic mass is 9.97. The van der Waals surface area contributed by atoms with Gasteiger partial charge in [-0.05, 0) is 44.9 Å². The van der Waals surface area contributed by atoms with Crippen LogP contribution >= 0.6 is 0 Å². The molecular weight excluding hydrogens is 244 g/mol. The second-order valence-electron chi connectivity index (χ2n) is 5.55. The summed E-state index contributed by atoms with van der Waals surface area (Å²) in [7, 11) is 0. The lowest BCUT2D eigenvalue weighted by molar-refractivity contribution is -0.143. The van der Waals surface area contributed by atoms with Crippen molar-refractivity contribution in [2.24, 2.45) is 5.41 Å². The predicted molar refractivity (Wildman–Crippen MR) is 71.9 cm³/mol. The maximum Gasteiger partial charge on any atom is 0.314 e. The number of allylic oxidation sites excluding steroid dienone is 1. The van der Waals surface area contributed by atoms with E-state index in [1.54, 1.807) is 0 Å². The third-order valence-corrected chi connectivity index (χ3v) is 4.01. The Kier molecular flexibility index (Phi) is 4.45. The van der Waals surface area contributed by atoms with Gasteiger partial charge < -0.3 is 15.7 Å². The van der Waals surface area contributed by atoms with Crippen LogP contribution in [0.25, 0.3) is 0 Å². The van der Waals surface area contributed by atoms with E-state index in [2.05, 4.69) is 16.7 Å². The van der Waals surface area contributed by atoms with Gasteiger partial charge in [0.2, 0.25) is 0 Å². The summed E-state index contributed by atoms with van der Waals surface area (Å²) in [5.41, 5.74) is 0.735. The van der Waals surface area contributed by atoms with E-state index in [0.29, 0.717) is 19.4 Å². The van der Waals surface area contributed by atoms with Gasteiger partial charge in [-0.2, -0.15) is 0 Å². The number of carbonyl (C=O) groups is 2. The highest BCUT2D eigenvalue weighted by molar-refractivity contribution is 5.80. The largest absolute Gasteiger partial charge is 0.481 e. The van der Waals surface area contributed by atoms with Crippen molar-refractivity contribution < 1.29 is 14.7 Å². The number of nitrogens with one attached hydrogen (secondary N) is 2. The molecule has 19 heavy (non-hydrogen) atoms. The average molecular weight is 266 g/mol. The fraction of sp³-hybridized carbons (Fsp3) is 0.714. The standard InChI is InChI=1S/C14H22N2O3/c17-12(18)14(7-8-14)10-16-13(19)15-9-6-11-4-2-1-3-5-11/h4H,1-3,5-10H2,(H,17,18)(H2,15,16,19). The Labute approximate surface area is 113 Å². The zero-order valence-electron chi connectivity index (χ0n) is 11.2. The molecule has 0 atom stereocenters. The van der Waals surface area contributed by atoms with E-state index in [-0.39, 0.29) is 12.6 Å². The van der Waals surface area contributed by atoms with Crippen molar-refractivity contribution in [1.82, 2.24) is 10.6 Å². The normalized spacial score (nSPS) is 20.3. The average Bonchev–Trinajstić information content (AvgIpc) is 3.19. The van der Waals surface area contributed by atoms with E-state index in [1.165, 1.54) is 18.4 Å². The van der Waals surface area contributed by atoms with Crippen LogP contribution in [0.5, 0.6) is 0 Å². The topological polar surface area (TPSA) is 78.4 Å². The van der Waals surface area contributed by atoms with Crippen LogP contribution in [0.15, 0.2) is 11.6 Å². The molecule has 5 heteroatoms. The molecule has 0 aliphatic heterocycles. The minimum Gasteiger partial charge on any atom is -0.481 e. The highest BCUT2D eigenvalue weighted by atomic mass is 16.4. The second kappa shape index (κ2) is 6.08. The molecule has 1 saturated carbocycles. The first-order chi connectivity index (χ1) is 9.12. The summed E-state index contributed by atoms with van der Waals surface area (Å²) in [6.45, 7) is 0.856. The van der Waals surface area contributed by atoms with Gasteiger partial charge in [0, 0.05) is 13.1 Å². The number of amides is 2. The van der Waals surface area contributed by atoms with Crippen molar-refractivity contribution in [2.45, 2.75) is 44.9 Å². The van der Waals surface area contributed by atoms with Crippen molar-refractivity contribution in [3.05, 3.63) is 11.6 Å². The van der Waals surface area contributed by atoms with Crippen LogP contribution in [-0.2, 0) is 4.79 Å². The maximum atomic E-state index is 11.5. The number of rotatable bonds is 6. The van der Waals surface area contributed by atoms with Gasteiger partial charge in [-0.3, -0.25) is 4.79 Å². The molecule has 2 aliphatic carbocycles. The first kappa shape index (κ1) is 13.9. The number of urea groups is 1. The van der Waals surface area contributed by atoms with E-state index >= 15 is 0 Å². The summed E-state index contributed by atoms with van der Waals surface area (Å²) in [6.07, 6.45) is 9.32. The molecule has 0 spiro atoms. The summed E-state index contributed by atoms with van der Waals surface area (Å²) < 4.78 is 0. The van der Waals surface area contributed by atoms with Gasteiger partial charge in [-0.15, -0.1) is 0 Å². The minimum absolute atomic E-state index is 0.233. The number of hydrogen-bond acceptors (Lipinski definition) is 2. The SMILES string of the molecule is O=C(NCCC1=CCCCC1)NCC1(C(=O)O)CC1. The number of carboxylic acids is 1. The van der Waals surface area contributed by atoms with Crippen molar-refractivity contribution in [3.8, 4) is 0 Å². The molecule has 3 N–H and O–H groups in total. The molecule has 5 nitrogen and oxygen atoms in total. The number of hydrogen-bond donors (Lipinski definition) is 3. The van der Waals surface area contributed by atoms with Gasteiger partial charge in [0.15, 0.2) is 0 Å². The smallest absolute Gasteiger partial charge is 0.314 e. The molecular formula is C14H22N2O3. The Morgan fingerprint density at radius 2 is 2.05 bits per heavy atom. The fourth-order valence-corrected chi connectivity index (χ4v) is 2.40. The fourth-order valence-electron chi connectivity index (χ4n) is 2.40. The first-order valence-corrected chi connectivity index (χ1v) is 7.05. The zero-order valence-corrected chi connectivity index (χ0v) is 11.2. The summed E-state index contributed by atoms with van der Waals surface area (Å²) in [5, 5.41) is 14.4. The van der Waals surface area contributed by atoms with Crippen molar-refractivity contribution >= 4 is 12.0 Å². The molecule has 0 aromatic carbocycles. The summed E-state index contributed by atoms with van der Waals surface area (Å²) in [6, 6.07) is -0.260. The minimum atomic E-state index is -0.805. The quantitative estimate of drug-likeness (QED) is 0.644. The Morgan fingerprint density at radius 3 is 2.63 bits per heavy atom. The third kappa shape index (κ3) is 3.98. The highest BCUT2D eigenvalue weighted by Gasteiger charge is 2.50. The van der Waals surface area contributed by atoms with E-state index in [1.807, 2.05) is 0 Å². The van der Waals surface area contributed by atoms with Gasteiger partial charge >= 0.3 is 12.0 Å². The molecule has 0 bridgehead atoms. The maximum absolute atomic E-state index is 11.5. The first-order valence-electron chi connectivity index (χ1n) is 7.05. The molecule has 106 valence electrons. The molecule has 2 aliphatic rings. The van der Waals surface area contributed by atoms with Gasteiger partial charge in [0.1, 0.15) is 0 Å². The second-order valence-corrected chi connectivity index (χ2v) is 5.55. The molecule has 0 aromatic heterocycles. The molecule has 0 radical (unpaired) electrons. The van der Waals surface area contributed by atoms with E-state index in [4.69, 9.17) is 5.11 Å². The molecule has 0 unspecified atom stereocenters. The molecule has 0 saturated heterocycles. The lowest BCUT2D eigenvalue weighted by Crippen LogP contribution is -2.41. The van der Waals surface area contributed by atoms with E-state index in [0.717, 1.165) is 19.3 Å². The van der Waals surface area contributed by atoms with E-state index in [9.17, 15) is 9.59 Å². The Morgan fingerprint density at radius 1 is 1.26 bits per heavy atom. The van der Waals surface area contributed by atoms with Crippen molar-refractivity contribution in [3.63, 3.8) is 0 Å². The molecule has 2 amide bonds.